The summed E-state index contributed by atoms with van der Waals surface area (Å²) in [6.45, 7) is 5.57. The lowest BCUT2D eigenvalue weighted by molar-refractivity contribution is -0.140. The first-order valence-corrected chi connectivity index (χ1v) is 16.7. The third-order valence-electron chi connectivity index (χ3n) is 7.58. The number of sulfonamides is 1. The molecule has 0 aliphatic carbocycles. The van der Waals surface area contributed by atoms with Crippen molar-refractivity contribution < 1.29 is 27.1 Å². The van der Waals surface area contributed by atoms with Crippen LogP contribution < -0.4 is 14.4 Å². The van der Waals surface area contributed by atoms with Gasteiger partial charge in [0.05, 0.1) is 17.2 Å². The number of ether oxygens (including phenoxy) is 1. The minimum Gasteiger partial charge on any atom is -0.494 e. The predicted molar refractivity (Wildman–Crippen MR) is 177 cm³/mol. The van der Waals surface area contributed by atoms with Crippen molar-refractivity contribution in [3.8, 4) is 5.75 Å². The Morgan fingerprint density at radius 1 is 0.826 bits per heavy atom. The van der Waals surface area contributed by atoms with Crippen LogP contribution in [0.4, 0.5) is 10.1 Å². The Hall–Kier alpha value is -4.70. The van der Waals surface area contributed by atoms with E-state index in [1.807, 2.05) is 81.4 Å². The highest BCUT2D eigenvalue weighted by Gasteiger charge is 2.35. The van der Waals surface area contributed by atoms with E-state index in [4.69, 9.17) is 4.74 Å². The molecule has 4 aromatic rings. The molecular weight excluding hydrogens is 605 g/mol. The van der Waals surface area contributed by atoms with Crippen LogP contribution in [0.1, 0.15) is 38.3 Å². The molecule has 1 N–H and O–H groups in total. The number of carbonyl (C=O) groups is 2. The smallest absolute Gasteiger partial charge is 0.264 e. The third-order valence-corrected chi connectivity index (χ3v) is 9.37. The zero-order valence-electron chi connectivity index (χ0n) is 26.3. The molecule has 4 aromatic carbocycles. The van der Waals surface area contributed by atoms with Gasteiger partial charge in [0.2, 0.25) is 11.8 Å². The summed E-state index contributed by atoms with van der Waals surface area (Å²) in [5.74, 6) is -0.972. The highest BCUT2D eigenvalue weighted by atomic mass is 32.2. The van der Waals surface area contributed by atoms with Gasteiger partial charge in [-0.15, -0.1) is 0 Å². The van der Waals surface area contributed by atoms with Crippen molar-refractivity contribution in [2.75, 3.05) is 17.5 Å². The summed E-state index contributed by atoms with van der Waals surface area (Å²) in [5, 5.41) is 3.02. The van der Waals surface area contributed by atoms with Crippen LogP contribution in [-0.4, -0.2) is 50.4 Å². The molecule has 0 aromatic heterocycles. The maximum Gasteiger partial charge on any atom is 0.264 e. The van der Waals surface area contributed by atoms with E-state index < -0.39 is 34.3 Å². The van der Waals surface area contributed by atoms with Gasteiger partial charge in [0.25, 0.3) is 10.0 Å². The molecule has 0 fully saturated rings. The Labute approximate surface area is 270 Å². The van der Waals surface area contributed by atoms with Gasteiger partial charge < -0.3 is 15.0 Å². The Morgan fingerprint density at radius 2 is 1.41 bits per heavy atom. The second kappa shape index (κ2) is 16.0. The maximum absolute atomic E-state index is 14.5. The number of hydrogen-bond donors (Lipinski definition) is 1. The van der Waals surface area contributed by atoms with E-state index >= 15 is 0 Å². The number of benzene rings is 4. The Kier molecular flexibility index (Phi) is 11.9. The van der Waals surface area contributed by atoms with Crippen LogP contribution in [0.3, 0.4) is 0 Å². The zero-order valence-corrected chi connectivity index (χ0v) is 27.1. The average Bonchev–Trinajstić information content (AvgIpc) is 3.06. The molecule has 46 heavy (non-hydrogen) atoms. The highest BCUT2D eigenvalue weighted by molar-refractivity contribution is 7.92. The van der Waals surface area contributed by atoms with Crippen LogP contribution >= 0.6 is 0 Å². The molecule has 0 aliphatic heterocycles. The first-order chi connectivity index (χ1) is 22.1. The van der Waals surface area contributed by atoms with Crippen LogP contribution in [0.15, 0.2) is 114 Å². The highest BCUT2D eigenvalue weighted by Crippen LogP contribution is 2.27. The van der Waals surface area contributed by atoms with Crippen LogP contribution in [0.5, 0.6) is 5.75 Å². The van der Waals surface area contributed by atoms with Crippen molar-refractivity contribution in [1.82, 2.24) is 10.2 Å². The number of hydrogen-bond acceptors (Lipinski definition) is 5. The molecule has 0 unspecified atom stereocenters. The lowest BCUT2D eigenvalue weighted by atomic mass is 10.0. The van der Waals surface area contributed by atoms with Crippen LogP contribution in [0, 0.1) is 5.82 Å². The average molecular weight is 646 g/mol. The van der Waals surface area contributed by atoms with Crippen molar-refractivity contribution in [3.05, 3.63) is 126 Å². The van der Waals surface area contributed by atoms with E-state index in [1.165, 1.54) is 4.90 Å². The van der Waals surface area contributed by atoms with Crippen LogP contribution in [0.2, 0.25) is 0 Å². The topological polar surface area (TPSA) is 96.0 Å². The molecule has 0 heterocycles. The van der Waals surface area contributed by atoms with Gasteiger partial charge in [-0.1, -0.05) is 67.6 Å². The molecule has 10 heteroatoms. The molecule has 0 saturated heterocycles. The lowest BCUT2D eigenvalue weighted by Crippen LogP contribution is -2.54. The van der Waals surface area contributed by atoms with Crippen molar-refractivity contribution in [2.45, 2.75) is 57.1 Å². The van der Waals surface area contributed by atoms with E-state index in [2.05, 4.69) is 5.32 Å². The fourth-order valence-electron chi connectivity index (χ4n) is 4.91. The van der Waals surface area contributed by atoms with Gasteiger partial charge in [-0.05, 0) is 79.9 Å². The van der Waals surface area contributed by atoms with E-state index in [0.29, 0.717) is 18.8 Å². The van der Waals surface area contributed by atoms with E-state index in [1.54, 1.807) is 24.3 Å². The van der Waals surface area contributed by atoms with Crippen molar-refractivity contribution in [3.63, 3.8) is 0 Å². The predicted octanol–water partition coefficient (Wildman–Crippen LogP) is 5.97. The molecule has 0 spiro atoms. The fraction of sp³-hybridized carbons (Fsp3) is 0.278. The minimum absolute atomic E-state index is 0.0683. The first-order valence-electron chi connectivity index (χ1n) is 15.3. The molecule has 0 aliphatic rings. The van der Waals surface area contributed by atoms with Crippen molar-refractivity contribution in [1.29, 1.82) is 0 Å². The van der Waals surface area contributed by atoms with E-state index in [0.717, 1.165) is 39.7 Å². The second-order valence-corrected chi connectivity index (χ2v) is 12.8. The molecule has 2 atom stereocenters. The van der Waals surface area contributed by atoms with Crippen molar-refractivity contribution >= 4 is 27.5 Å². The second-order valence-electron chi connectivity index (χ2n) is 10.9. The summed E-state index contributed by atoms with van der Waals surface area (Å²) in [7, 11) is -4.35. The molecule has 8 nitrogen and oxygen atoms in total. The quantitative estimate of drug-likeness (QED) is 0.172. The fourth-order valence-corrected chi connectivity index (χ4v) is 6.33. The molecule has 0 saturated carbocycles. The monoisotopic (exact) mass is 645 g/mol. The summed E-state index contributed by atoms with van der Waals surface area (Å²) in [5.41, 5.74) is 1.84. The van der Waals surface area contributed by atoms with Gasteiger partial charge in [-0.3, -0.25) is 13.9 Å². The largest absolute Gasteiger partial charge is 0.494 e. The van der Waals surface area contributed by atoms with E-state index in [9.17, 15) is 22.4 Å². The Morgan fingerprint density at radius 3 is 1.98 bits per heavy atom. The number of nitrogens with one attached hydrogen (secondary N) is 1. The number of carbonyl (C=O) groups excluding carboxylic acids is 2. The van der Waals surface area contributed by atoms with Gasteiger partial charge in [0.15, 0.2) is 0 Å². The van der Waals surface area contributed by atoms with Gasteiger partial charge >= 0.3 is 0 Å². The molecule has 242 valence electrons. The molecule has 0 bridgehead atoms. The Balaban J connectivity index is 1.79. The minimum atomic E-state index is -4.35. The maximum atomic E-state index is 14.5. The van der Waals surface area contributed by atoms with Gasteiger partial charge in [0.1, 0.15) is 24.2 Å². The molecule has 2 amide bonds. The standard InChI is InChI=1S/C36H40FN3O5S/c1-4-27(3)38-36(42)34(24-28-12-8-6-9-13-28)39(25-29-14-10-7-11-15-29)35(41)26-40(31-18-20-32(21-19-31)45-5-2)46(43,44)33-22-16-30(37)17-23-33/h6-23,27,34H,4-5,24-26H2,1-3H3,(H,38,42)/t27-,34+/m1/s1. The summed E-state index contributed by atoms with van der Waals surface area (Å²) in [4.78, 5) is 29.6. The first kappa shape index (κ1) is 34.2. The van der Waals surface area contributed by atoms with E-state index in [-0.39, 0.29) is 35.5 Å². The number of halogens is 1. The summed E-state index contributed by atoms with van der Waals surface area (Å²) < 4.78 is 48.4. The third kappa shape index (κ3) is 8.94. The SMILES string of the molecule is CCOc1ccc(N(CC(=O)N(Cc2ccccc2)[C@@H](Cc2ccccc2)C(=O)N[C@H](C)CC)S(=O)(=O)c2ccc(F)cc2)cc1. The zero-order chi connectivity index (χ0) is 33.1. The van der Waals surface area contributed by atoms with Gasteiger partial charge in [-0.2, -0.15) is 0 Å². The number of rotatable bonds is 15. The number of anilines is 1. The Bertz CT molecular complexity index is 1670. The van der Waals surface area contributed by atoms with Crippen LogP contribution in [0.25, 0.3) is 0 Å². The van der Waals surface area contributed by atoms with Crippen molar-refractivity contribution in [2.24, 2.45) is 0 Å². The molecule has 0 radical (unpaired) electrons. The normalized spacial score (nSPS) is 12.5. The van der Waals surface area contributed by atoms with Gasteiger partial charge in [0, 0.05) is 19.0 Å². The summed E-state index contributed by atoms with van der Waals surface area (Å²) in [6.07, 6.45) is 0.910. The lowest BCUT2D eigenvalue weighted by Gasteiger charge is -2.34. The van der Waals surface area contributed by atoms with Crippen LogP contribution in [-0.2, 0) is 32.6 Å². The summed E-state index contributed by atoms with van der Waals surface area (Å²) in [6, 6.07) is 28.3. The summed E-state index contributed by atoms with van der Waals surface area (Å²) >= 11 is 0. The molecular formula is C36H40FN3O5S. The number of amides is 2. The number of nitrogens with zero attached hydrogens (tertiary/aromatic N) is 2. The molecule has 4 rings (SSSR count). The van der Waals surface area contributed by atoms with Gasteiger partial charge in [-0.25, -0.2) is 12.8 Å².